The molecule has 2 atom stereocenters. The highest BCUT2D eigenvalue weighted by atomic mass is 16.5. The van der Waals surface area contributed by atoms with Crippen molar-refractivity contribution in [2.75, 3.05) is 12.8 Å². The first-order valence-corrected chi connectivity index (χ1v) is 6.14. The van der Waals surface area contributed by atoms with Crippen LogP contribution in [0.5, 0.6) is 0 Å². The van der Waals surface area contributed by atoms with Crippen molar-refractivity contribution in [1.29, 1.82) is 0 Å². The summed E-state index contributed by atoms with van der Waals surface area (Å²) in [6, 6.07) is 3.22. The zero-order valence-corrected chi connectivity index (χ0v) is 10.5. The zero-order valence-electron chi connectivity index (χ0n) is 10.5. The second-order valence-corrected chi connectivity index (χ2v) is 4.52. The summed E-state index contributed by atoms with van der Waals surface area (Å²) in [7, 11) is 1.69. The van der Waals surface area contributed by atoms with Gasteiger partial charge in [0.05, 0.1) is 11.7 Å². The molecule has 0 aromatic carbocycles. The van der Waals surface area contributed by atoms with E-state index in [4.69, 9.17) is 15.2 Å². The molecular weight excluding hydrogens is 232 g/mol. The number of esters is 1. The van der Waals surface area contributed by atoms with Crippen molar-refractivity contribution >= 4 is 11.8 Å². The van der Waals surface area contributed by atoms with Gasteiger partial charge in [-0.05, 0) is 31.4 Å². The van der Waals surface area contributed by atoms with Gasteiger partial charge in [0.2, 0.25) is 0 Å². The summed E-state index contributed by atoms with van der Waals surface area (Å²) in [4.78, 5) is 15.8. The van der Waals surface area contributed by atoms with Crippen LogP contribution in [-0.4, -0.2) is 30.3 Å². The summed E-state index contributed by atoms with van der Waals surface area (Å²) in [6.07, 6.45) is 5.30. The number of pyridine rings is 1. The van der Waals surface area contributed by atoms with Crippen molar-refractivity contribution in [1.82, 2.24) is 4.98 Å². The predicted molar refractivity (Wildman–Crippen MR) is 67.1 cm³/mol. The molecule has 1 aromatic heterocycles. The van der Waals surface area contributed by atoms with Crippen molar-refractivity contribution < 1.29 is 14.3 Å². The molecule has 5 nitrogen and oxygen atoms in total. The molecule has 1 heterocycles. The molecule has 0 radical (unpaired) electrons. The van der Waals surface area contributed by atoms with Crippen LogP contribution in [0.4, 0.5) is 5.82 Å². The van der Waals surface area contributed by atoms with E-state index >= 15 is 0 Å². The number of rotatable bonds is 3. The van der Waals surface area contributed by atoms with Crippen LogP contribution < -0.4 is 5.73 Å². The van der Waals surface area contributed by atoms with Gasteiger partial charge in [0.25, 0.3) is 0 Å². The van der Waals surface area contributed by atoms with E-state index in [2.05, 4.69) is 4.98 Å². The normalized spacial score (nSPS) is 23.6. The average molecular weight is 250 g/mol. The fourth-order valence-corrected chi connectivity index (χ4v) is 2.17. The number of nitrogens with zero attached hydrogens (tertiary/aromatic N) is 1. The SMILES string of the molecule is COC1CCCC(OC(=O)c2ccc(N)nc2)C1. The van der Waals surface area contributed by atoms with Crippen molar-refractivity contribution in [3.63, 3.8) is 0 Å². The molecule has 2 rings (SSSR count). The lowest BCUT2D eigenvalue weighted by Crippen LogP contribution is -2.29. The maximum absolute atomic E-state index is 11.9. The summed E-state index contributed by atoms with van der Waals surface area (Å²) >= 11 is 0. The summed E-state index contributed by atoms with van der Waals surface area (Å²) in [5.74, 6) is 0.0490. The quantitative estimate of drug-likeness (QED) is 0.828. The van der Waals surface area contributed by atoms with Gasteiger partial charge in [0.1, 0.15) is 11.9 Å². The van der Waals surface area contributed by atoms with Crippen LogP contribution in [0.25, 0.3) is 0 Å². The van der Waals surface area contributed by atoms with Gasteiger partial charge in [0.15, 0.2) is 0 Å². The van der Waals surface area contributed by atoms with E-state index < -0.39 is 0 Å². The number of methoxy groups -OCH3 is 1. The Bertz CT molecular complexity index is 405. The molecule has 1 saturated carbocycles. The Labute approximate surface area is 106 Å². The van der Waals surface area contributed by atoms with Gasteiger partial charge < -0.3 is 15.2 Å². The van der Waals surface area contributed by atoms with Crippen molar-refractivity contribution in [3.8, 4) is 0 Å². The third-order valence-electron chi connectivity index (χ3n) is 3.21. The van der Waals surface area contributed by atoms with Crippen molar-refractivity contribution in [3.05, 3.63) is 23.9 Å². The number of hydrogen-bond acceptors (Lipinski definition) is 5. The molecule has 98 valence electrons. The Morgan fingerprint density at radius 1 is 1.39 bits per heavy atom. The predicted octanol–water partition coefficient (Wildman–Crippen LogP) is 1.78. The maximum Gasteiger partial charge on any atom is 0.339 e. The first-order chi connectivity index (χ1) is 8.69. The largest absolute Gasteiger partial charge is 0.459 e. The van der Waals surface area contributed by atoms with Gasteiger partial charge in [-0.25, -0.2) is 9.78 Å². The lowest BCUT2D eigenvalue weighted by atomic mass is 9.95. The third-order valence-corrected chi connectivity index (χ3v) is 3.21. The minimum atomic E-state index is -0.343. The average Bonchev–Trinajstić information content (AvgIpc) is 2.39. The first-order valence-electron chi connectivity index (χ1n) is 6.14. The first kappa shape index (κ1) is 12.8. The molecule has 1 aromatic rings. The lowest BCUT2D eigenvalue weighted by Gasteiger charge is -2.27. The molecule has 0 amide bonds. The molecule has 2 unspecified atom stereocenters. The Kier molecular flexibility index (Phi) is 4.15. The Balaban J connectivity index is 1.92. The summed E-state index contributed by atoms with van der Waals surface area (Å²) in [5.41, 5.74) is 5.90. The lowest BCUT2D eigenvalue weighted by molar-refractivity contribution is -0.0149. The Morgan fingerprint density at radius 3 is 2.83 bits per heavy atom. The van der Waals surface area contributed by atoms with Gasteiger partial charge >= 0.3 is 5.97 Å². The molecule has 1 fully saturated rings. The molecule has 18 heavy (non-hydrogen) atoms. The maximum atomic E-state index is 11.9. The van der Waals surface area contributed by atoms with E-state index in [1.165, 1.54) is 6.20 Å². The van der Waals surface area contributed by atoms with E-state index in [1.54, 1.807) is 19.2 Å². The standard InChI is InChI=1S/C13H18N2O3/c1-17-10-3-2-4-11(7-10)18-13(16)9-5-6-12(14)15-8-9/h5-6,8,10-11H,2-4,7H2,1H3,(H2,14,15). The van der Waals surface area contributed by atoms with Gasteiger partial charge in [-0.3, -0.25) is 0 Å². The number of carbonyl (C=O) groups is 1. The zero-order chi connectivity index (χ0) is 13.0. The second kappa shape index (κ2) is 5.82. The fourth-order valence-electron chi connectivity index (χ4n) is 2.17. The summed E-state index contributed by atoms with van der Waals surface area (Å²) < 4.78 is 10.8. The van der Waals surface area contributed by atoms with E-state index in [9.17, 15) is 4.79 Å². The number of ether oxygens (including phenoxy) is 2. The Hall–Kier alpha value is -1.62. The number of anilines is 1. The van der Waals surface area contributed by atoms with E-state index in [1.807, 2.05) is 0 Å². The molecule has 0 aliphatic heterocycles. The van der Waals surface area contributed by atoms with E-state index in [0.717, 1.165) is 25.7 Å². The Morgan fingerprint density at radius 2 is 2.17 bits per heavy atom. The molecule has 1 aliphatic carbocycles. The van der Waals surface area contributed by atoms with Crippen molar-refractivity contribution in [2.45, 2.75) is 37.9 Å². The topological polar surface area (TPSA) is 74.4 Å². The second-order valence-electron chi connectivity index (χ2n) is 4.52. The highest BCUT2D eigenvalue weighted by molar-refractivity contribution is 5.89. The number of nitrogens with two attached hydrogens (primary N) is 1. The van der Waals surface area contributed by atoms with Crippen LogP contribution in [0.15, 0.2) is 18.3 Å². The van der Waals surface area contributed by atoms with Crippen molar-refractivity contribution in [2.24, 2.45) is 0 Å². The third kappa shape index (κ3) is 3.20. The van der Waals surface area contributed by atoms with E-state index in [0.29, 0.717) is 11.4 Å². The smallest absolute Gasteiger partial charge is 0.339 e. The fraction of sp³-hybridized carbons (Fsp3) is 0.538. The molecule has 0 bridgehead atoms. The number of aromatic nitrogens is 1. The number of carbonyl (C=O) groups excluding carboxylic acids is 1. The minimum Gasteiger partial charge on any atom is -0.459 e. The summed E-state index contributed by atoms with van der Waals surface area (Å²) in [6.45, 7) is 0. The van der Waals surface area contributed by atoms with Gasteiger partial charge in [-0.2, -0.15) is 0 Å². The van der Waals surface area contributed by atoms with Crippen LogP contribution in [0.2, 0.25) is 0 Å². The molecular formula is C13H18N2O3. The molecule has 2 N–H and O–H groups in total. The molecule has 0 saturated heterocycles. The van der Waals surface area contributed by atoms with Crippen LogP contribution in [0.3, 0.4) is 0 Å². The van der Waals surface area contributed by atoms with Gasteiger partial charge in [-0.15, -0.1) is 0 Å². The van der Waals surface area contributed by atoms with Crippen LogP contribution in [0.1, 0.15) is 36.0 Å². The number of nitrogen functional groups attached to an aromatic ring is 1. The highest BCUT2D eigenvalue weighted by Crippen LogP contribution is 2.23. The van der Waals surface area contributed by atoms with Gasteiger partial charge in [-0.1, -0.05) is 0 Å². The van der Waals surface area contributed by atoms with Gasteiger partial charge in [0, 0.05) is 19.7 Å². The van der Waals surface area contributed by atoms with Crippen LogP contribution >= 0.6 is 0 Å². The monoisotopic (exact) mass is 250 g/mol. The molecule has 0 spiro atoms. The molecule has 1 aliphatic rings. The van der Waals surface area contributed by atoms with Crippen LogP contribution in [0, 0.1) is 0 Å². The summed E-state index contributed by atoms with van der Waals surface area (Å²) in [5, 5.41) is 0. The molecule has 5 heteroatoms. The minimum absolute atomic E-state index is 0.0613. The van der Waals surface area contributed by atoms with E-state index in [-0.39, 0.29) is 18.2 Å². The number of hydrogen-bond donors (Lipinski definition) is 1. The van der Waals surface area contributed by atoms with Crippen LogP contribution in [-0.2, 0) is 9.47 Å². The highest BCUT2D eigenvalue weighted by Gasteiger charge is 2.25.